The van der Waals surface area contributed by atoms with Crippen LogP contribution in [0.25, 0.3) is 0 Å². The van der Waals surface area contributed by atoms with Crippen LogP contribution in [-0.2, 0) is 14.8 Å². The lowest BCUT2D eigenvalue weighted by Gasteiger charge is -2.14. The first-order chi connectivity index (χ1) is 10.4. The van der Waals surface area contributed by atoms with E-state index in [4.69, 9.17) is 0 Å². The summed E-state index contributed by atoms with van der Waals surface area (Å²) in [7, 11) is -2.58. The minimum Gasteiger partial charge on any atom is -0.465 e. The zero-order valence-electron chi connectivity index (χ0n) is 12.3. The third-order valence-corrected chi connectivity index (χ3v) is 4.84. The predicted molar refractivity (Wildman–Crippen MR) is 77.6 cm³/mol. The number of sulfonamides is 1. The van der Waals surface area contributed by atoms with Crippen LogP contribution in [0.4, 0.5) is 0 Å². The van der Waals surface area contributed by atoms with Crippen molar-refractivity contribution >= 4 is 16.0 Å². The molecule has 0 bridgehead atoms. The highest BCUT2D eigenvalue weighted by Crippen LogP contribution is 2.21. The quantitative estimate of drug-likeness (QED) is 0.791. The molecule has 1 aromatic heterocycles. The normalized spacial score (nSPS) is 12.9. The van der Waals surface area contributed by atoms with Crippen molar-refractivity contribution in [1.82, 2.24) is 19.9 Å². The van der Waals surface area contributed by atoms with Crippen LogP contribution in [0.5, 0.6) is 0 Å². The molecular weight excluding hydrogens is 308 g/mol. The number of ether oxygens (including phenoxy) is 1. The van der Waals surface area contributed by atoms with Crippen molar-refractivity contribution in [1.29, 1.82) is 0 Å². The fraction of sp³-hybridized carbons (Fsp3) is 0.308. The Kier molecular flexibility index (Phi) is 4.57. The van der Waals surface area contributed by atoms with Gasteiger partial charge in [-0.05, 0) is 31.5 Å². The summed E-state index contributed by atoms with van der Waals surface area (Å²) in [5.74, 6) is -0.191. The Morgan fingerprint density at radius 3 is 2.73 bits per heavy atom. The molecule has 1 aromatic carbocycles. The van der Waals surface area contributed by atoms with E-state index < -0.39 is 22.0 Å². The summed E-state index contributed by atoms with van der Waals surface area (Å²) in [4.78, 5) is 15.6. The van der Waals surface area contributed by atoms with Crippen LogP contribution >= 0.6 is 0 Å². The SMILES string of the molecule is COC(=O)c1cccc(S(=O)(=O)NC(C)c2ncn[nH]2)c1C. The molecule has 0 amide bonds. The summed E-state index contributed by atoms with van der Waals surface area (Å²) in [5.41, 5.74) is 0.532. The van der Waals surface area contributed by atoms with Gasteiger partial charge in [0.05, 0.1) is 23.6 Å². The van der Waals surface area contributed by atoms with Crippen molar-refractivity contribution in [3.8, 4) is 0 Å². The number of nitrogens with one attached hydrogen (secondary N) is 2. The van der Waals surface area contributed by atoms with Gasteiger partial charge >= 0.3 is 5.97 Å². The summed E-state index contributed by atoms with van der Waals surface area (Å²) >= 11 is 0. The second kappa shape index (κ2) is 6.24. The number of hydrogen-bond acceptors (Lipinski definition) is 6. The van der Waals surface area contributed by atoms with Gasteiger partial charge in [0.25, 0.3) is 0 Å². The van der Waals surface area contributed by atoms with Crippen molar-refractivity contribution in [2.45, 2.75) is 24.8 Å². The molecule has 1 heterocycles. The van der Waals surface area contributed by atoms with Gasteiger partial charge in [0, 0.05) is 0 Å². The minimum absolute atomic E-state index is 0.0155. The molecule has 0 saturated carbocycles. The Morgan fingerprint density at radius 2 is 2.14 bits per heavy atom. The van der Waals surface area contributed by atoms with Gasteiger partial charge in [-0.2, -0.15) is 5.10 Å². The van der Waals surface area contributed by atoms with E-state index in [0.717, 1.165) is 0 Å². The maximum atomic E-state index is 12.5. The van der Waals surface area contributed by atoms with Gasteiger partial charge in [-0.25, -0.2) is 22.9 Å². The summed E-state index contributed by atoms with van der Waals surface area (Å²) in [6, 6.07) is 3.85. The van der Waals surface area contributed by atoms with Gasteiger partial charge in [0.1, 0.15) is 12.2 Å². The van der Waals surface area contributed by atoms with E-state index in [-0.39, 0.29) is 10.5 Å². The second-order valence-electron chi connectivity index (χ2n) is 4.63. The molecule has 22 heavy (non-hydrogen) atoms. The maximum absolute atomic E-state index is 12.5. The molecular formula is C13H16N4O4S. The zero-order chi connectivity index (χ0) is 16.3. The van der Waals surface area contributed by atoms with E-state index in [1.54, 1.807) is 13.8 Å². The number of carbonyl (C=O) groups is 1. The maximum Gasteiger partial charge on any atom is 0.338 e. The Bertz CT molecular complexity index is 771. The number of nitrogens with zero attached hydrogens (tertiary/aromatic N) is 2. The number of rotatable bonds is 5. The molecule has 118 valence electrons. The van der Waals surface area contributed by atoms with Gasteiger partial charge < -0.3 is 4.74 Å². The van der Waals surface area contributed by atoms with Crippen LogP contribution < -0.4 is 4.72 Å². The van der Waals surface area contributed by atoms with Gasteiger partial charge in [-0.1, -0.05) is 6.07 Å². The molecule has 0 spiro atoms. The summed E-state index contributed by atoms with van der Waals surface area (Å²) < 4.78 is 32.1. The lowest BCUT2D eigenvalue weighted by Crippen LogP contribution is -2.28. The Hall–Kier alpha value is -2.26. The first-order valence-electron chi connectivity index (χ1n) is 6.42. The van der Waals surface area contributed by atoms with Gasteiger partial charge in [0.15, 0.2) is 0 Å². The van der Waals surface area contributed by atoms with Gasteiger partial charge in [-0.15, -0.1) is 0 Å². The molecule has 0 aliphatic carbocycles. The van der Waals surface area contributed by atoms with Crippen molar-refractivity contribution in [2.75, 3.05) is 7.11 Å². The third kappa shape index (κ3) is 3.15. The molecule has 2 aromatic rings. The number of carbonyl (C=O) groups excluding carboxylic acids is 1. The highest BCUT2D eigenvalue weighted by molar-refractivity contribution is 7.89. The monoisotopic (exact) mass is 324 g/mol. The summed E-state index contributed by atoms with van der Waals surface area (Å²) in [6.07, 6.45) is 1.29. The highest BCUT2D eigenvalue weighted by atomic mass is 32.2. The van der Waals surface area contributed by atoms with Crippen LogP contribution in [0.3, 0.4) is 0 Å². The Labute approximate surface area is 128 Å². The molecule has 0 aliphatic rings. The number of H-pyrrole nitrogens is 1. The average molecular weight is 324 g/mol. The van der Waals surface area contributed by atoms with Crippen molar-refractivity contribution in [3.63, 3.8) is 0 Å². The molecule has 1 unspecified atom stereocenters. The number of esters is 1. The van der Waals surface area contributed by atoms with Crippen LogP contribution in [0.1, 0.15) is 34.7 Å². The topological polar surface area (TPSA) is 114 Å². The van der Waals surface area contributed by atoms with E-state index in [9.17, 15) is 13.2 Å². The highest BCUT2D eigenvalue weighted by Gasteiger charge is 2.24. The molecule has 2 N–H and O–H groups in total. The van der Waals surface area contributed by atoms with E-state index in [1.807, 2.05) is 0 Å². The fourth-order valence-corrected chi connectivity index (χ4v) is 3.49. The average Bonchev–Trinajstić information content (AvgIpc) is 3.00. The summed E-state index contributed by atoms with van der Waals surface area (Å²) in [6.45, 7) is 3.19. The number of benzene rings is 1. The van der Waals surface area contributed by atoms with Crippen LogP contribution in [0.2, 0.25) is 0 Å². The van der Waals surface area contributed by atoms with E-state index in [1.165, 1.54) is 31.6 Å². The molecule has 9 heteroatoms. The minimum atomic E-state index is -3.83. The molecule has 0 saturated heterocycles. The van der Waals surface area contributed by atoms with E-state index in [2.05, 4.69) is 24.6 Å². The number of aromatic amines is 1. The Morgan fingerprint density at radius 1 is 1.41 bits per heavy atom. The van der Waals surface area contributed by atoms with Crippen LogP contribution in [0.15, 0.2) is 29.4 Å². The number of methoxy groups -OCH3 is 1. The fourth-order valence-electron chi connectivity index (χ4n) is 2.01. The first-order valence-corrected chi connectivity index (χ1v) is 7.90. The summed E-state index contributed by atoms with van der Waals surface area (Å²) in [5, 5.41) is 6.28. The lowest BCUT2D eigenvalue weighted by molar-refractivity contribution is 0.0599. The standard InChI is InChI=1S/C13H16N4O4S/c1-8-10(13(18)21-3)5-4-6-11(8)22(19,20)17-9(2)12-14-7-15-16-12/h4-7,9,17H,1-3H3,(H,14,15,16). The van der Waals surface area contributed by atoms with E-state index >= 15 is 0 Å². The molecule has 0 fully saturated rings. The van der Waals surface area contributed by atoms with Gasteiger partial charge in [-0.3, -0.25) is 5.10 Å². The Balaban J connectivity index is 2.36. The third-order valence-electron chi connectivity index (χ3n) is 3.15. The van der Waals surface area contributed by atoms with E-state index in [0.29, 0.717) is 11.4 Å². The second-order valence-corrected chi connectivity index (χ2v) is 6.32. The van der Waals surface area contributed by atoms with Crippen molar-refractivity contribution < 1.29 is 17.9 Å². The smallest absolute Gasteiger partial charge is 0.338 e. The van der Waals surface area contributed by atoms with Gasteiger partial charge in [0.2, 0.25) is 10.0 Å². The largest absolute Gasteiger partial charge is 0.465 e. The molecule has 0 aliphatic heterocycles. The molecule has 0 radical (unpaired) electrons. The lowest BCUT2D eigenvalue weighted by atomic mass is 10.1. The number of aromatic nitrogens is 3. The van der Waals surface area contributed by atoms with Crippen LogP contribution in [0, 0.1) is 6.92 Å². The van der Waals surface area contributed by atoms with Crippen LogP contribution in [-0.4, -0.2) is 36.7 Å². The molecule has 8 nitrogen and oxygen atoms in total. The number of hydrogen-bond donors (Lipinski definition) is 2. The zero-order valence-corrected chi connectivity index (χ0v) is 13.1. The van der Waals surface area contributed by atoms with Crippen molar-refractivity contribution in [2.24, 2.45) is 0 Å². The predicted octanol–water partition coefficient (Wildman–Crippen LogP) is 0.939. The molecule has 1 atom stereocenters. The first kappa shape index (κ1) is 16.1. The molecule has 2 rings (SSSR count). The van der Waals surface area contributed by atoms with Crippen molar-refractivity contribution in [3.05, 3.63) is 41.5 Å².